The Balaban J connectivity index is 1.87. The average molecular weight is 380 g/mol. The Morgan fingerprint density at radius 2 is 2.13 bits per heavy atom. The maximum Gasteiger partial charge on any atom is 0.255 e. The first-order valence-corrected chi connectivity index (χ1v) is 8.46. The molecule has 1 aromatic heterocycles. The second kappa shape index (κ2) is 6.07. The molecular formula is C17H19BrFN3O. The highest BCUT2D eigenvalue weighted by Crippen LogP contribution is 2.26. The summed E-state index contributed by atoms with van der Waals surface area (Å²) in [6, 6.07) is 4.15. The first-order chi connectivity index (χ1) is 10.9. The van der Waals surface area contributed by atoms with Gasteiger partial charge in [0, 0.05) is 36.1 Å². The summed E-state index contributed by atoms with van der Waals surface area (Å²) in [5, 5.41) is 0. The van der Waals surface area contributed by atoms with Gasteiger partial charge in [-0.05, 0) is 34.1 Å². The van der Waals surface area contributed by atoms with Gasteiger partial charge in [0.2, 0.25) is 0 Å². The van der Waals surface area contributed by atoms with Crippen LogP contribution in [0.5, 0.6) is 0 Å². The van der Waals surface area contributed by atoms with Crippen molar-refractivity contribution in [3.8, 4) is 0 Å². The third-order valence-corrected chi connectivity index (χ3v) is 4.91. The molecule has 0 atom stereocenters. The molecule has 0 unspecified atom stereocenters. The minimum atomic E-state index is -0.361. The number of hydrogen-bond acceptors (Lipinski definition) is 2. The molecule has 0 N–H and O–H groups in total. The summed E-state index contributed by atoms with van der Waals surface area (Å²) in [6.07, 6.45) is 0.788. The Hall–Kier alpha value is -1.69. The smallest absolute Gasteiger partial charge is 0.255 e. The van der Waals surface area contributed by atoms with Gasteiger partial charge in [-0.3, -0.25) is 4.79 Å². The van der Waals surface area contributed by atoms with Crippen molar-refractivity contribution in [3.63, 3.8) is 0 Å². The van der Waals surface area contributed by atoms with Crippen LogP contribution in [0.2, 0.25) is 0 Å². The van der Waals surface area contributed by atoms with E-state index < -0.39 is 0 Å². The lowest BCUT2D eigenvalue weighted by Crippen LogP contribution is -2.36. The SMILES string of the molecule is CC(C)c1nc2c(n1C)CCN(C(=O)c1ccc(F)cc1Br)C2. The van der Waals surface area contributed by atoms with Crippen LogP contribution in [0.25, 0.3) is 0 Å². The van der Waals surface area contributed by atoms with Crippen molar-refractivity contribution in [3.05, 3.63) is 51.3 Å². The van der Waals surface area contributed by atoms with Gasteiger partial charge >= 0.3 is 0 Å². The monoisotopic (exact) mass is 379 g/mol. The van der Waals surface area contributed by atoms with Crippen molar-refractivity contribution >= 4 is 21.8 Å². The molecule has 1 aliphatic heterocycles. The van der Waals surface area contributed by atoms with E-state index in [9.17, 15) is 9.18 Å². The Bertz CT molecular complexity index is 769. The predicted octanol–water partition coefficient (Wildman–Crippen LogP) is 3.64. The van der Waals surface area contributed by atoms with E-state index >= 15 is 0 Å². The van der Waals surface area contributed by atoms with E-state index in [1.165, 1.54) is 23.9 Å². The van der Waals surface area contributed by atoms with Gasteiger partial charge in [-0.2, -0.15) is 0 Å². The molecule has 6 heteroatoms. The van der Waals surface area contributed by atoms with Gasteiger partial charge in [0.25, 0.3) is 5.91 Å². The fourth-order valence-corrected chi connectivity index (χ4v) is 3.59. The molecule has 0 saturated heterocycles. The molecule has 4 nitrogen and oxygen atoms in total. The largest absolute Gasteiger partial charge is 0.334 e. The molecule has 0 saturated carbocycles. The zero-order valence-electron chi connectivity index (χ0n) is 13.4. The lowest BCUT2D eigenvalue weighted by atomic mass is 10.1. The number of fused-ring (bicyclic) bond motifs is 1. The van der Waals surface area contributed by atoms with Crippen LogP contribution >= 0.6 is 15.9 Å². The second-order valence-electron chi connectivity index (χ2n) is 6.18. The second-order valence-corrected chi connectivity index (χ2v) is 7.03. The Morgan fingerprint density at radius 1 is 1.39 bits per heavy atom. The molecule has 1 aromatic carbocycles. The summed E-state index contributed by atoms with van der Waals surface area (Å²) in [5.41, 5.74) is 2.65. The van der Waals surface area contributed by atoms with Crippen LogP contribution in [0.15, 0.2) is 22.7 Å². The third-order valence-electron chi connectivity index (χ3n) is 4.26. The number of nitrogens with zero attached hydrogens (tertiary/aromatic N) is 3. The maximum absolute atomic E-state index is 13.2. The van der Waals surface area contributed by atoms with Gasteiger partial charge in [-0.1, -0.05) is 13.8 Å². The third kappa shape index (κ3) is 2.92. The molecule has 1 aliphatic rings. The predicted molar refractivity (Wildman–Crippen MR) is 89.8 cm³/mol. The summed E-state index contributed by atoms with van der Waals surface area (Å²) in [5.74, 6) is 0.938. The molecule has 3 rings (SSSR count). The number of amides is 1. The van der Waals surface area contributed by atoms with Crippen molar-refractivity contribution in [1.82, 2.24) is 14.5 Å². The summed E-state index contributed by atoms with van der Waals surface area (Å²) in [7, 11) is 2.04. The first-order valence-electron chi connectivity index (χ1n) is 7.67. The van der Waals surface area contributed by atoms with Crippen molar-refractivity contribution < 1.29 is 9.18 Å². The topological polar surface area (TPSA) is 38.1 Å². The molecule has 2 aromatic rings. The number of carbonyl (C=O) groups is 1. The van der Waals surface area contributed by atoms with Crippen LogP contribution < -0.4 is 0 Å². The van der Waals surface area contributed by atoms with Gasteiger partial charge in [0.05, 0.1) is 17.8 Å². The van der Waals surface area contributed by atoms with Gasteiger partial charge in [-0.25, -0.2) is 9.37 Å². The van der Waals surface area contributed by atoms with E-state index in [4.69, 9.17) is 4.98 Å². The van der Waals surface area contributed by atoms with E-state index in [0.29, 0.717) is 29.0 Å². The normalized spacial score (nSPS) is 14.3. The molecule has 0 fully saturated rings. The number of hydrogen-bond donors (Lipinski definition) is 0. The van der Waals surface area contributed by atoms with Gasteiger partial charge in [0.15, 0.2) is 0 Å². The quantitative estimate of drug-likeness (QED) is 0.798. The Kier molecular flexibility index (Phi) is 4.27. The molecule has 1 amide bonds. The fraction of sp³-hybridized carbons (Fsp3) is 0.412. The highest BCUT2D eigenvalue weighted by atomic mass is 79.9. The molecule has 0 bridgehead atoms. The van der Waals surface area contributed by atoms with Crippen molar-refractivity contribution in [2.45, 2.75) is 32.7 Å². The lowest BCUT2D eigenvalue weighted by Gasteiger charge is -2.27. The highest BCUT2D eigenvalue weighted by Gasteiger charge is 2.27. The molecule has 0 spiro atoms. The minimum absolute atomic E-state index is 0.0979. The summed E-state index contributed by atoms with van der Waals surface area (Å²) >= 11 is 3.27. The zero-order valence-corrected chi connectivity index (χ0v) is 15.0. The van der Waals surface area contributed by atoms with Crippen molar-refractivity contribution in [2.24, 2.45) is 7.05 Å². The molecular weight excluding hydrogens is 361 g/mol. The average Bonchev–Trinajstić information content (AvgIpc) is 2.83. The molecule has 122 valence electrons. The van der Waals surface area contributed by atoms with Crippen LogP contribution in [-0.2, 0) is 20.0 Å². The van der Waals surface area contributed by atoms with Gasteiger partial charge < -0.3 is 9.47 Å². The van der Waals surface area contributed by atoms with E-state index in [1.807, 2.05) is 7.05 Å². The Labute approximate surface area is 143 Å². The number of aromatic nitrogens is 2. The Morgan fingerprint density at radius 3 is 2.78 bits per heavy atom. The number of carbonyl (C=O) groups excluding carboxylic acids is 1. The van der Waals surface area contributed by atoms with Crippen LogP contribution in [0, 0.1) is 5.82 Å². The maximum atomic E-state index is 13.2. The van der Waals surface area contributed by atoms with Gasteiger partial charge in [0.1, 0.15) is 11.6 Å². The first kappa shape index (κ1) is 16.2. The molecule has 23 heavy (non-hydrogen) atoms. The van der Waals surface area contributed by atoms with Crippen LogP contribution in [0.3, 0.4) is 0 Å². The van der Waals surface area contributed by atoms with E-state index in [0.717, 1.165) is 17.9 Å². The molecule has 2 heterocycles. The molecule has 0 aliphatic carbocycles. The van der Waals surface area contributed by atoms with E-state index in [1.54, 1.807) is 4.90 Å². The van der Waals surface area contributed by atoms with Crippen LogP contribution in [0.1, 0.15) is 47.3 Å². The van der Waals surface area contributed by atoms with Crippen molar-refractivity contribution in [1.29, 1.82) is 0 Å². The lowest BCUT2D eigenvalue weighted by molar-refractivity contribution is 0.0730. The van der Waals surface area contributed by atoms with Gasteiger partial charge in [-0.15, -0.1) is 0 Å². The van der Waals surface area contributed by atoms with Crippen LogP contribution in [-0.4, -0.2) is 26.9 Å². The summed E-state index contributed by atoms with van der Waals surface area (Å²) in [6.45, 7) is 5.38. The summed E-state index contributed by atoms with van der Waals surface area (Å²) in [4.78, 5) is 19.2. The minimum Gasteiger partial charge on any atom is -0.334 e. The summed E-state index contributed by atoms with van der Waals surface area (Å²) < 4.78 is 15.8. The number of imidazole rings is 1. The van der Waals surface area contributed by atoms with Crippen molar-refractivity contribution in [2.75, 3.05) is 6.54 Å². The number of benzene rings is 1. The standard InChI is InChI=1S/C17H19BrFN3O/c1-10(2)16-20-14-9-22(7-6-15(14)21(16)3)17(23)12-5-4-11(19)8-13(12)18/h4-5,8,10H,6-7,9H2,1-3H3. The van der Waals surface area contributed by atoms with Crippen LogP contribution in [0.4, 0.5) is 4.39 Å². The number of rotatable bonds is 2. The number of halogens is 2. The highest BCUT2D eigenvalue weighted by molar-refractivity contribution is 9.10. The zero-order chi connectivity index (χ0) is 16.7. The molecule has 0 radical (unpaired) electrons. The van der Waals surface area contributed by atoms with E-state index in [-0.39, 0.29) is 11.7 Å². The van der Waals surface area contributed by atoms with E-state index in [2.05, 4.69) is 34.3 Å². The fourth-order valence-electron chi connectivity index (χ4n) is 3.07.